The SMILES string of the molecule is [Si]C([Si])([Si]Cl)[Si]Cl. The van der Waals surface area contributed by atoms with Crippen molar-refractivity contribution < 1.29 is 0 Å². The third kappa shape index (κ3) is 3.98. The molecule has 10 radical (unpaired) electrons. The van der Waals surface area contributed by atoms with Gasteiger partial charge in [0, 0.05) is 20.5 Å². The van der Waals surface area contributed by atoms with Gasteiger partial charge in [0.05, 0.1) is 0 Å². The van der Waals surface area contributed by atoms with E-state index in [1.165, 1.54) is 0 Å². The van der Waals surface area contributed by atoms with Crippen molar-refractivity contribution in [1.82, 2.24) is 0 Å². The Kier molecular flexibility index (Phi) is 4.19. The average molecular weight is 195 g/mol. The second kappa shape index (κ2) is 3.47. The number of hydrogen-bond donors (Lipinski definition) is 0. The summed E-state index contributed by atoms with van der Waals surface area (Å²) in [5.41, 5.74) is 0. The fraction of sp³-hybridized carbons (Fsp3) is 1.00. The molecule has 0 saturated carbocycles. The van der Waals surface area contributed by atoms with Crippen molar-refractivity contribution in [1.29, 1.82) is 0 Å². The van der Waals surface area contributed by atoms with E-state index in [1.807, 2.05) is 0 Å². The summed E-state index contributed by atoms with van der Waals surface area (Å²) in [7, 11) is 7.13. The van der Waals surface area contributed by atoms with Crippen molar-refractivity contribution in [3.63, 3.8) is 0 Å². The van der Waals surface area contributed by atoms with Gasteiger partial charge in [-0.3, -0.25) is 0 Å². The molecule has 0 rings (SSSR count). The third-order valence-corrected chi connectivity index (χ3v) is 7.65. The molecule has 0 aromatic rings. The topological polar surface area (TPSA) is 0 Å². The van der Waals surface area contributed by atoms with E-state index in [1.54, 1.807) is 0 Å². The zero-order valence-electron chi connectivity index (χ0n) is 3.26. The van der Waals surface area contributed by atoms with E-state index in [0.717, 1.165) is 0 Å². The van der Waals surface area contributed by atoms with Crippen molar-refractivity contribution >= 4 is 60.3 Å². The molecule has 0 amide bonds. The van der Waals surface area contributed by atoms with Crippen LogP contribution in [0.15, 0.2) is 0 Å². The normalized spacial score (nSPS) is 12.0. The Labute approximate surface area is 64.2 Å². The Morgan fingerprint density at radius 2 is 1.43 bits per heavy atom. The molecule has 7 heavy (non-hydrogen) atoms. The highest BCUT2D eigenvalue weighted by Crippen LogP contribution is 2.13. The lowest BCUT2D eigenvalue weighted by atomic mass is 11.8. The van der Waals surface area contributed by atoms with Crippen LogP contribution in [0.4, 0.5) is 0 Å². The summed E-state index contributed by atoms with van der Waals surface area (Å²) in [6, 6.07) is 0. The minimum Gasteiger partial charge on any atom is -0.172 e. The molecule has 0 fully saturated rings. The van der Waals surface area contributed by atoms with Crippen LogP contribution in [0.5, 0.6) is 0 Å². The number of rotatable bonds is 2. The average Bonchev–Trinajstić information content (AvgIpc) is 1.68. The van der Waals surface area contributed by atoms with Crippen LogP contribution in [0.25, 0.3) is 0 Å². The first-order chi connectivity index (χ1) is 3.12. The van der Waals surface area contributed by atoms with E-state index in [0.29, 0.717) is 0 Å². The van der Waals surface area contributed by atoms with Gasteiger partial charge in [0.15, 0.2) is 17.7 Å². The second-order valence-electron chi connectivity index (χ2n) is 0.939. The van der Waals surface area contributed by atoms with Crippen molar-refractivity contribution in [3.05, 3.63) is 0 Å². The van der Waals surface area contributed by atoms with E-state index < -0.39 is 0 Å². The highest BCUT2D eigenvalue weighted by Gasteiger charge is 2.17. The molecule has 0 aromatic heterocycles. The maximum atomic E-state index is 5.45. The largest absolute Gasteiger partial charge is 0.172 e. The molecule has 6 heteroatoms. The van der Waals surface area contributed by atoms with E-state index in [-0.39, 0.29) is 21.6 Å². The number of halogens is 2. The van der Waals surface area contributed by atoms with Crippen LogP contribution in [-0.4, -0.2) is 38.1 Å². The molecule has 0 aliphatic rings. The maximum Gasteiger partial charge on any atom is 0.169 e. The Balaban J connectivity index is 3.36. The molecule has 0 heterocycles. The molecule has 0 spiro atoms. The van der Waals surface area contributed by atoms with Gasteiger partial charge in [0.2, 0.25) is 0 Å². The quantitative estimate of drug-likeness (QED) is 0.432. The molecule has 0 N–H and O–H groups in total. The molecule has 0 unspecified atom stereocenters. The van der Waals surface area contributed by atoms with Gasteiger partial charge in [-0.15, -0.1) is 0 Å². The lowest BCUT2D eigenvalue weighted by molar-refractivity contribution is 1.68. The highest BCUT2D eigenvalue weighted by molar-refractivity contribution is 7.17. The first-order valence-corrected chi connectivity index (χ1v) is 6.40. The van der Waals surface area contributed by atoms with E-state index in [2.05, 4.69) is 20.5 Å². The van der Waals surface area contributed by atoms with Crippen LogP contribution >= 0.6 is 22.2 Å². The third-order valence-electron chi connectivity index (χ3n) is 0.283. The summed E-state index contributed by atoms with van der Waals surface area (Å²) in [4.78, 5) is 0. The number of hydrogen-bond acceptors (Lipinski definition) is 0. The molecule has 0 aliphatic carbocycles. The Bertz CT molecular complexity index is 47.7. The Hall–Kier alpha value is 1.45. The summed E-state index contributed by atoms with van der Waals surface area (Å²) in [5, 5.41) is 0. The van der Waals surface area contributed by atoms with Crippen LogP contribution in [-0.2, 0) is 0 Å². The van der Waals surface area contributed by atoms with Gasteiger partial charge in [-0.25, -0.2) is 0 Å². The van der Waals surface area contributed by atoms with E-state index in [4.69, 9.17) is 22.2 Å². The monoisotopic (exact) mass is 194 g/mol. The summed E-state index contributed by atoms with van der Waals surface area (Å²) < 4.78 is -0.219. The van der Waals surface area contributed by atoms with E-state index >= 15 is 0 Å². The molecule has 0 aromatic carbocycles. The van der Waals surface area contributed by atoms with Crippen LogP contribution in [0.1, 0.15) is 0 Å². The highest BCUT2D eigenvalue weighted by atomic mass is 35.6. The predicted octanol–water partition coefficient (Wildman–Crippen LogP) is 0.0706. The van der Waals surface area contributed by atoms with Gasteiger partial charge < -0.3 is 0 Å². The summed E-state index contributed by atoms with van der Waals surface area (Å²) in [6.45, 7) is 0. The Morgan fingerprint density at radius 1 is 1.14 bits per heavy atom. The van der Waals surface area contributed by atoms with Crippen molar-refractivity contribution in [2.75, 3.05) is 0 Å². The van der Waals surface area contributed by atoms with Crippen LogP contribution in [0.3, 0.4) is 0 Å². The zero-order chi connectivity index (χ0) is 5.91. The predicted molar refractivity (Wildman–Crippen MR) is 37.4 cm³/mol. The summed E-state index contributed by atoms with van der Waals surface area (Å²) in [5.74, 6) is 0. The molecule has 0 saturated heterocycles. The lowest BCUT2D eigenvalue weighted by Crippen LogP contribution is -2.21. The van der Waals surface area contributed by atoms with E-state index in [9.17, 15) is 0 Å². The minimum atomic E-state index is -0.219. The molecular formula is CCl2Si4. The summed E-state index contributed by atoms with van der Waals surface area (Å²) >= 11 is 10.9. The van der Waals surface area contributed by atoms with Gasteiger partial charge in [-0.05, 0) is 3.91 Å². The molecular weight excluding hydrogens is 195 g/mol. The first kappa shape index (κ1) is 8.45. The second-order valence-corrected chi connectivity index (χ2v) is 8.45. The van der Waals surface area contributed by atoms with Crippen molar-refractivity contribution in [3.8, 4) is 0 Å². The van der Waals surface area contributed by atoms with Crippen molar-refractivity contribution in [2.45, 2.75) is 3.91 Å². The smallest absolute Gasteiger partial charge is 0.169 e. The van der Waals surface area contributed by atoms with Gasteiger partial charge in [-0.1, -0.05) is 0 Å². The van der Waals surface area contributed by atoms with Gasteiger partial charge in [0.1, 0.15) is 0 Å². The van der Waals surface area contributed by atoms with Crippen molar-refractivity contribution in [2.24, 2.45) is 0 Å². The van der Waals surface area contributed by atoms with Crippen LogP contribution < -0.4 is 0 Å². The standard InChI is InChI=1S/CCl2Si4/c2-6-1(4,5)7-3. The minimum absolute atomic E-state index is 0.219. The maximum absolute atomic E-state index is 5.45. The zero-order valence-corrected chi connectivity index (χ0v) is 8.77. The molecule has 0 aliphatic heterocycles. The fourth-order valence-electron chi connectivity index (χ4n) is 0.0179. The molecule has 0 bridgehead atoms. The van der Waals surface area contributed by atoms with Crippen LogP contribution in [0.2, 0.25) is 3.91 Å². The lowest BCUT2D eigenvalue weighted by Gasteiger charge is -2.11. The van der Waals surface area contributed by atoms with Gasteiger partial charge in [-0.2, -0.15) is 22.2 Å². The first-order valence-electron chi connectivity index (χ1n) is 1.38. The van der Waals surface area contributed by atoms with Gasteiger partial charge in [0.25, 0.3) is 0 Å². The molecule has 0 atom stereocenters. The molecule has 34 valence electrons. The Morgan fingerprint density at radius 3 is 1.43 bits per heavy atom. The molecule has 0 nitrogen and oxygen atoms in total. The van der Waals surface area contributed by atoms with Gasteiger partial charge >= 0.3 is 0 Å². The summed E-state index contributed by atoms with van der Waals surface area (Å²) in [6.07, 6.45) is 0. The van der Waals surface area contributed by atoms with Crippen LogP contribution in [0, 0.1) is 0 Å². The fourth-order valence-corrected chi connectivity index (χ4v) is 1.45.